The Morgan fingerprint density at radius 2 is 1.80 bits per heavy atom. The summed E-state index contributed by atoms with van der Waals surface area (Å²) < 4.78 is 6.05. The van der Waals surface area contributed by atoms with Gasteiger partial charge in [0.2, 0.25) is 0 Å². The molecule has 2 unspecified atom stereocenters. The van der Waals surface area contributed by atoms with Gasteiger partial charge in [0.15, 0.2) is 0 Å². The van der Waals surface area contributed by atoms with Crippen molar-refractivity contribution in [3.05, 3.63) is 23.3 Å². The molecule has 9 atom stereocenters. The van der Waals surface area contributed by atoms with Gasteiger partial charge in [-0.25, -0.2) is 4.79 Å². The third kappa shape index (κ3) is 3.45. The molecular formula is C28H44O7. The van der Waals surface area contributed by atoms with Gasteiger partial charge < -0.3 is 30.3 Å². The number of carbonyl (C=O) groups is 1. The molecule has 198 valence electrons. The number of fused-ring (bicyclic) bond motifs is 5. The molecule has 0 aliphatic heterocycles. The van der Waals surface area contributed by atoms with Gasteiger partial charge in [-0.2, -0.15) is 0 Å². The third-order valence-corrected chi connectivity index (χ3v) is 10.8. The number of carbonyl (C=O) groups excluding carboxylic acids is 1. The summed E-state index contributed by atoms with van der Waals surface area (Å²) in [4.78, 5) is 13.1. The van der Waals surface area contributed by atoms with Crippen LogP contribution in [-0.2, 0) is 9.53 Å². The van der Waals surface area contributed by atoms with Crippen LogP contribution in [-0.4, -0.2) is 66.6 Å². The van der Waals surface area contributed by atoms with Gasteiger partial charge in [0, 0.05) is 12.0 Å². The van der Waals surface area contributed by atoms with E-state index in [1.807, 2.05) is 26.8 Å². The number of rotatable bonds is 4. The fourth-order valence-corrected chi connectivity index (χ4v) is 8.04. The lowest BCUT2D eigenvalue weighted by Gasteiger charge is -2.67. The van der Waals surface area contributed by atoms with Gasteiger partial charge in [-0.05, 0) is 70.1 Å². The molecule has 5 N–H and O–H groups in total. The van der Waals surface area contributed by atoms with Crippen molar-refractivity contribution < 1.29 is 35.1 Å². The summed E-state index contributed by atoms with van der Waals surface area (Å²) in [7, 11) is 0. The predicted octanol–water partition coefficient (Wildman–Crippen LogP) is 2.78. The Labute approximate surface area is 208 Å². The van der Waals surface area contributed by atoms with Crippen molar-refractivity contribution in [3.8, 4) is 0 Å². The van der Waals surface area contributed by atoms with E-state index >= 15 is 0 Å². The standard InChI is InChI=1S/C28H44O7/c1-16(2)17(3)13-23(31)35-22-15-21-24(5)9-8-20(30)14-19(24)7-10-27(21,33)28(34)12-11-26(32,18(4)29)25(22,28)6/h7,13,16,18,20-22,29-30,32-34H,8-12,14-15H2,1-6H3/b17-13+/t18?,20-,21?,22+,24-,25+,26+,27-,28+/m0/s1. The van der Waals surface area contributed by atoms with E-state index in [0.717, 1.165) is 11.1 Å². The van der Waals surface area contributed by atoms with Crippen LogP contribution in [0.5, 0.6) is 0 Å². The molecule has 7 nitrogen and oxygen atoms in total. The fraction of sp³-hybridized carbons (Fsp3) is 0.821. The van der Waals surface area contributed by atoms with Gasteiger partial charge >= 0.3 is 5.97 Å². The number of aliphatic hydroxyl groups excluding tert-OH is 2. The highest BCUT2D eigenvalue weighted by Crippen LogP contribution is 2.71. The summed E-state index contributed by atoms with van der Waals surface area (Å²) in [5, 5.41) is 57.6. The molecule has 4 aliphatic carbocycles. The first-order valence-electron chi connectivity index (χ1n) is 13.2. The van der Waals surface area contributed by atoms with Crippen LogP contribution in [0.1, 0.15) is 86.5 Å². The molecule has 0 aromatic heterocycles. The maximum Gasteiger partial charge on any atom is 0.330 e. The zero-order valence-corrected chi connectivity index (χ0v) is 22.0. The summed E-state index contributed by atoms with van der Waals surface area (Å²) >= 11 is 0. The third-order valence-electron chi connectivity index (χ3n) is 10.8. The molecule has 0 spiro atoms. The van der Waals surface area contributed by atoms with Crippen LogP contribution in [0.2, 0.25) is 0 Å². The van der Waals surface area contributed by atoms with E-state index in [4.69, 9.17) is 4.74 Å². The number of aliphatic hydroxyl groups is 5. The second-order valence-corrected chi connectivity index (χ2v) is 12.6. The van der Waals surface area contributed by atoms with Crippen LogP contribution in [0.15, 0.2) is 23.3 Å². The van der Waals surface area contributed by atoms with Crippen LogP contribution >= 0.6 is 0 Å². The highest BCUT2D eigenvalue weighted by Gasteiger charge is 2.81. The maximum atomic E-state index is 13.1. The van der Waals surface area contributed by atoms with E-state index in [-0.39, 0.29) is 31.6 Å². The lowest BCUT2D eigenvalue weighted by atomic mass is 9.42. The number of ether oxygens (including phenoxy) is 1. The van der Waals surface area contributed by atoms with Crippen LogP contribution in [0.25, 0.3) is 0 Å². The van der Waals surface area contributed by atoms with E-state index in [9.17, 15) is 30.3 Å². The fourth-order valence-electron chi connectivity index (χ4n) is 8.04. The minimum atomic E-state index is -1.79. The molecule has 0 aromatic carbocycles. The van der Waals surface area contributed by atoms with Gasteiger partial charge in [-0.15, -0.1) is 0 Å². The SMILES string of the molecule is C/C(=C\C(=O)O[C@@H]1CC2[C@@]3(C)CC[C@H](O)CC3=CC[C@@]2(O)[C@@]2(O)CC[C@@](O)(C(C)O)[C@@]12C)C(C)C. The van der Waals surface area contributed by atoms with Crippen molar-refractivity contribution >= 4 is 5.97 Å². The molecule has 35 heavy (non-hydrogen) atoms. The first-order chi connectivity index (χ1) is 16.1. The highest BCUT2D eigenvalue weighted by atomic mass is 16.5. The Hall–Kier alpha value is -1.25. The summed E-state index contributed by atoms with van der Waals surface area (Å²) in [6.07, 6.45) is 3.20. The molecular weight excluding hydrogens is 448 g/mol. The predicted molar refractivity (Wildman–Crippen MR) is 131 cm³/mol. The highest BCUT2D eigenvalue weighted by molar-refractivity contribution is 5.83. The Balaban J connectivity index is 1.85. The Morgan fingerprint density at radius 1 is 1.14 bits per heavy atom. The van der Waals surface area contributed by atoms with E-state index in [0.29, 0.717) is 19.3 Å². The van der Waals surface area contributed by atoms with Gasteiger partial charge in [-0.3, -0.25) is 0 Å². The van der Waals surface area contributed by atoms with Crippen molar-refractivity contribution in [2.24, 2.45) is 22.7 Å². The Kier molecular flexibility index (Phi) is 6.42. The maximum absolute atomic E-state index is 13.1. The zero-order chi connectivity index (χ0) is 26.2. The normalized spacial score (nSPS) is 48.5. The molecule has 4 aliphatic rings. The van der Waals surface area contributed by atoms with Gasteiger partial charge in [0.25, 0.3) is 0 Å². The number of hydrogen-bond acceptors (Lipinski definition) is 7. The topological polar surface area (TPSA) is 127 Å². The Morgan fingerprint density at radius 3 is 2.40 bits per heavy atom. The van der Waals surface area contributed by atoms with Gasteiger partial charge in [-0.1, -0.05) is 44.9 Å². The molecule has 7 heteroatoms. The van der Waals surface area contributed by atoms with Crippen LogP contribution in [0.3, 0.4) is 0 Å². The largest absolute Gasteiger partial charge is 0.458 e. The van der Waals surface area contributed by atoms with Crippen molar-refractivity contribution in [3.63, 3.8) is 0 Å². The van der Waals surface area contributed by atoms with E-state index < -0.39 is 57.8 Å². The van der Waals surface area contributed by atoms with Gasteiger partial charge in [0.05, 0.1) is 17.6 Å². The average molecular weight is 493 g/mol. The van der Waals surface area contributed by atoms with E-state index in [1.165, 1.54) is 13.0 Å². The van der Waals surface area contributed by atoms with Crippen molar-refractivity contribution in [1.82, 2.24) is 0 Å². The van der Waals surface area contributed by atoms with E-state index in [1.54, 1.807) is 6.92 Å². The first-order valence-corrected chi connectivity index (χ1v) is 13.2. The van der Waals surface area contributed by atoms with Crippen LogP contribution in [0.4, 0.5) is 0 Å². The summed E-state index contributed by atoms with van der Waals surface area (Å²) in [6.45, 7) is 11.0. The number of esters is 1. The monoisotopic (exact) mass is 492 g/mol. The molecule has 4 rings (SSSR count). The lowest BCUT2D eigenvalue weighted by molar-refractivity contribution is -0.326. The molecule has 0 radical (unpaired) electrons. The average Bonchev–Trinajstić information content (AvgIpc) is 3.00. The molecule has 0 amide bonds. The molecule has 3 saturated carbocycles. The minimum Gasteiger partial charge on any atom is -0.458 e. The lowest BCUT2D eigenvalue weighted by Crippen LogP contribution is -2.78. The Bertz CT molecular complexity index is 940. The molecule has 0 aromatic rings. The van der Waals surface area contributed by atoms with Crippen molar-refractivity contribution in [2.45, 2.75) is 122 Å². The van der Waals surface area contributed by atoms with Crippen molar-refractivity contribution in [2.75, 3.05) is 0 Å². The minimum absolute atomic E-state index is 0.0770. The first kappa shape index (κ1) is 26.8. The zero-order valence-electron chi connectivity index (χ0n) is 22.0. The number of hydrogen-bond donors (Lipinski definition) is 5. The summed E-state index contributed by atoms with van der Waals surface area (Å²) in [6, 6.07) is 0. The molecule has 0 heterocycles. The summed E-state index contributed by atoms with van der Waals surface area (Å²) in [5.41, 5.74) is -5.17. The summed E-state index contributed by atoms with van der Waals surface area (Å²) in [5.74, 6) is -0.832. The van der Waals surface area contributed by atoms with E-state index in [2.05, 4.69) is 6.92 Å². The molecule has 3 fully saturated rings. The number of allylic oxidation sites excluding steroid dienone is 1. The van der Waals surface area contributed by atoms with Crippen LogP contribution in [0, 0.1) is 22.7 Å². The molecule has 0 bridgehead atoms. The quantitative estimate of drug-likeness (QED) is 0.232. The second-order valence-electron chi connectivity index (χ2n) is 12.6. The molecule has 0 saturated heterocycles. The smallest absolute Gasteiger partial charge is 0.330 e. The van der Waals surface area contributed by atoms with Gasteiger partial charge in [0.1, 0.15) is 22.9 Å². The van der Waals surface area contributed by atoms with Crippen molar-refractivity contribution in [1.29, 1.82) is 0 Å². The second kappa shape index (κ2) is 8.38. The van der Waals surface area contributed by atoms with Crippen LogP contribution < -0.4 is 0 Å².